The summed E-state index contributed by atoms with van der Waals surface area (Å²) in [5.74, 6) is 0. The smallest absolute Gasteiger partial charge is 0.197 e. The van der Waals surface area contributed by atoms with E-state index in [0.717, 1.165) is 12.8 Å². The molecule has 0 atom stereocenters. The molecule has 1 aromatic carbocycles. The molecule has 5 heteroatoms. The van der Waals surface area contributed by atoms with Crippen LogP contribution in [0.3, 0.4) is 0 Å². The zero-order valence-electron chi connectivity index (χ0n) is 9.19. The molecular formula is C12H12ClNO2S. The van der Waals surface area contributed by atoms with E-state index in [4.69, 9.17) is 11.6 Å². The van der Waals surface area contributed by atoms with Gasteiger partial charge in [-0.2, -0.15) is 5.26 Å². The van der Waals surface area contributed by atoms with Gasteiger partial charge in [0.2, 0.25) is 0 Å². The van der Waals surface area contributed by atoms with Crippen molar-refractivity contribution in [1.82, 2.24) is 0 Å². The highest BCUT2D eigenvalue weighted by molar-refractivity contribution is 7.93. The summed E-state index contributed by atoms with van der Waals surface area (Å²) in [4.78, 5) is 0.186. The monoisotopic (exact) mass is 269 g/mol. The van der Waals surface area contributed by atoms with Gasteiger partial charge in [0.15, 0.2) is 14.6 Å². The SMILES string of the molecule is N#CC1(S(=O)(=O)c2ccc(Cl)cc2)CCCC1. The topological polar surface area (TPSA) is 57.9 Å². The van der Waals surface area contributed by atoms with Gasteiger partial charge in [-0.25, -0.2) is 8.42 Å². The molecule has 0 heterocycles. The number of hydrogen-bond acceptors (Lipinski definition) is 3. The Kier molecular flexibility index (Phi) is 3.15. The van der Waals surface area contributed by atoms with Crippen molar-refractivity contribution in [3.05, 3.63) is 29.3 Å². The molecule has 0 saturated heterocycles. The van der Waals surface area contributed by atoms with Crippen LogP contribution >= 0.6 is 11.6 Å². The van der Waals surface area contributed by atoms with Gasteiger partial charge in [0.1, 0.15) is 0 Å². The van der Waals surface area contributed by atoms with Crippen molar-refractivity contribution in [3.63, 3.8) is 0 Å². The lowest BCUT2D eigenvalue weighted by Crippen LogP contribution is -2.33. The summed E-state index contributed by atoms with van der Waals surface area (Å²) in [6.45, 7) is 0. The molecule has 0 amide bonds. The molecule has 0 radical (unpaired) electrons. The van der Waals surface area contributed by atoms with Crippen molar-refractivity contribution in [2.45, 2.75) is 35.3 Å². The average Bonchev–Trinajstić information content (AvgIpc) is 2.79. The molecule has 3 nitrogen and oxygen atoms in total. The zero-order valence-corrected chi connectivity index (χ0v) is 10.8. The lowest BCUT2D eigenvalue weighted by Gasteiger charge is -2.20. The van der Waals surface area contributed by atoms with Crippen LogP contribution in [0.15, 0.2) is 29.2 Å². The Bertz CT molecular complexity index is 551. The van der Waals surface area contributed by atoms with Crippen LogP contribution in [0.2, 0.25) is 5.02 Å². The number of nitrogens with zero attached hydrogens (tertiary/aromatic N) is 1. The highest BCUT2D eigenvalue weighted by Crippen LogP contribution is 2.40. The van der Waals surface area contributed by atoms with Crippen LogP contribution in [-0.4, -0.2) is 13.2 Å². The zero-order chi connectivity index (χ0) is 12.5. The van der Waals surface area contributed by atoms with Crippen LogP contribution in [0.25, 0.3) is 0 Å². The highest BCUT2D eigenvalue weighted by Gasteiger charge is 2.47. The Morgan fingerprint density at radius 3 is 2.18 bits per heavy atom. The third kappa shape index (κ3) is 1.94. The first-order valence-corrected chi connectivity index (χ1v) is 7.29. The molecule has 0 aromatic heterocycles. The van der Waals surface area contributed by atoms with E-state index in [2.05, 4.69) is 0 Å². The number of nitriles is 1. The van der Waals surface area contributed by atoms with E-state index >= 15 is 0 Å². The van der Waals surface area contributed by atoms with Gasteiger partial charge in [-0.1, -0.05) is 24.4 Å². The van der Waals surface area contributed by atoms with Crippen molar-refractivity contribution >= 4 is 21.4 Å². The van der Waals surface area contributed by atoms with Gasteiger partial charge in [-0.3, -0.25) is 0 Å². The van der Waals surface area contributed by atoms with Crippen LogP contribution in [0.4, 0.5) is 0 Å². The Morgan fingerprint density at radius 2 is 1.71 bits per heavy atom. The van der Waals surface area contributed by atoms with E-state index in [1.807, 2.05) is 6.07 Å². The van der Waals surface area contributed by atoms with Crippen LogP contribution in [0.1, 0.15) is 25.7 Å². The minimum absolute atomic E-state index is 0.186. The van der Waals surface area contributed by atoms with E-state index in [-0.39, 0.29) is 4.90 Å². The van der Waals surface area contributed by atoms with Crippen LogP contribution in [0, 0.1) is 11.3 Å². The van der Waals surface area contributed by atoms with Gasteiger partial charge in [0.05, 0.1) is 11.0 Å². The lowest BCUT2D eigenvalue weighted by atomic mass is 10.1. The first-order valence-electron chi connectivity index (χ1n) is 5.43. The standard InChI is InChI=1S/C12H12ClNO2S/c13-10-3-5-11(6-4-10)17(15,16)12(9-14)7-1-2-8-12/h3-6H,1-2,7-8H2. The molecule has 1 fully saturated rings. The van der Waals surface area contributed by atoms with Crippen LogP contribution in [0.5, 0.6) is 0 Å². The van der Waals surface area contributed by atoms with Gasteiger partial charge in [-0.15, -0.1) is 0 Å². The number of sulfone groups is 1. The van der Waals surface area contributed by atoms with Gasteiger partial charge >= 0.3 is 0 Å². The quantitative estimate of drug-likeness (QED) is 0.829. The number of hydrogen-bond donors (Lipinski definition) is 0. The van der Waals surface area contributed by atoms with Gasteiger partial charge < -0.3 is 0 Å². The van der Waals surface area contributed by atoms with Gasteiger partial charge in [0.25, 0.3) is 0 Å². The van der Waals surface area contributed by atoms with Gasteiger partial charge in [0, 0.05) is 5.02 Å². The van der Waals surface area contributed by atoms with Crippen LogP contribution < -0.4 is 0 Å². The minimum Gasteiger partial charge on any atom is -0.222 e. The number of benzene rings is 1. The predicted molar refractivity (Wildman–Crippen MR) is 65.4 cm³/mol. The molecule has 0 N–H and O–H groups in total. The molecule has 90 valence electrons. The van der Waals surface area contributed by atoms with Crippen molar-refractivity contribution in [1.29, 1.82) is 5.26 Å². The maximum absolute atomic E-state index is 12.4. The van der Waals surface area contributed by atoms with Crippen molar-refractivity contribution < 1.29 is 8.42 Å². The number of rotatable bonds is 2. The fraction of sp³-hybridized carbons (Fsp3) is 0.417. The summed E-state index contributed by atoms with van der Waals surface area (Å²) in [5, 5.41) is 9.70. The molecule has 0 unspecified atom stereocenters. The normalized spacial score (nSPS) is 18.8. The molecule has 1 aliphatic carbocycles. The first-order chi connectivity index (χ1) is 8.02. The molecule has 1 saturated carbocycles. The summed E-state index contributed by atoms with van der Waals surface area (Å²) in [6, 6.07) is 8.02. The predicted octanol–water partition coefficient (Wildman–Crippen LogP) is 2.95. The lowest BCUT2D eigenvalue weighted by molar-refractivity contribution is 0.557. The maximum Gasteiger partial charge on any atom is 0.197 e. The molecule has 0 spiro atoms. The van der Waals surface area contributed by atoms with Crippen LogP contribution in [-0.2, 0) is 9.84 Å². The Morgan fingerprint density at radius 1 is 1.18 bits per heavy atom. The summed E-state index contributed by atoms with van der Waals surface area (Å²) < 4.78 is 23.6. The Hall–Kier alpha value is -1.05. The highest BCUT2D eigenvalue weighted by atomic mass is 35.5. The molecule has 0 bridgehead atoms. The third-order valence-electron chi connectivity index (χ3n) is 3.25. The van der Waals surface area contributed by atoms with E-state index < -0.39 is 14.6 Å². The molecule has 2 rings (SSSR count). The maximum atomic E-state index is 12.4. The molecule has 0 aliphatic heterocycles. The van der Waals surface area contributed by atoms with Crippen molar-refractivity contribution in [2.75, 3.05) is 0 Å². The Labute approximate surface area is 106 Å². The van der Waals surface area contributed by atoms with E-state index in [1.54, 1.807) is 0 Å². The summed E-state index contributed by atoms with van der Waals surface area (Å²) >= 11 is 5.73. The van der Waals surface area contributed by atoms with E-state index in [9.17, 15) is 13.7 Å². The van der Waals surface area contributed by atoms with Crippen molar-refractivity contribution in [2.24, 2.45) is 0 Å². The molecule has 17 heavy (non-hydrogen) atoms. The second-order valence-electron chi connectivity index (χ2n) is 4.27. The summed E-state index contributed by atoms with van der Waals surface area (Å²) in [5.41, 5.74) is 0. The minimum atomic E-state index is -3.59. The summed E-state index contributed by atoms with van der Waals surface area (Å²) in [6.07, 6.45) is 2.43. The Balaban J connectivity index is 2.50. The first kappa shape index (κ1) is 12.4. The average molecular weight is 270 g/mol. The summed E-state index contributed by atoms with van der Waals surface area (Å²) in [7, 11) is -3.59. The molecular weight excluding hydrogens is 258 g/mol. The second kappa shape index (κ2) is 4.32. The third-order valence-corrected chi connectivity index (χ3v) is 5.93. The number of halogens is 1. The van der Waals surface area contributed by atoms with E-state index in [1.165, 1.54) is 24.3 Å². The molecule has 1 aliphatic rings. The fourth-order valence-corrected chi connectivity index (χ4v) is 4.24. The van der Waals surface area contributed by atoms with E-state index in [0.29, 0.717) is 17.9 Å². The van der Waals surface area contributed by atoms with Crippen molar-refractivity contribution in [3.8, 4) is 6.07 Å². The largest absolute Gasteiger partial charge is 0.222 e. The van der Waals surface area contributed by atoms with Gasteiger partial charge in [-0.05, 0) is 37.1 Å². The molecule has 1 aromatic rings. The fourth-order valence-electron chi connectivity index (χ4n) is 2.23. The second-order valence-corrected chi connectivity index (χ2v) is 6.97.